The van der Waals surface area contributed by atoms with Gasteiger partial charge >= 0.3 is 0 Å². The second kappa shape index (κ2) is 7.03. The maximum Gasteiger partial charge on any atom is 0.255 e. The van der Waals surface area contributed by atoms with Crippen LogP contribution in [-0.2, 0) is 0 Å². The normalized spacial score (nSPS) is 10.5. The molecule has 0 radical (unpaired) electrons. The molecule has 0 spiro atoms. The van der Waals surface area contributed by atoms with Crippen LogP contribution in [0.2, 0.25) is 0 Å². The molecule has 0 bridgehead atoms. The van der Waals surface area contributed by atoms with Gasteiger partial charge < -0.3 is 5.32 Å². The zero-order chi connectivity index (χ0) is 17.8. The molecule has 0 fully saturated rings. The predicted octanol–water partition coefficient (Wildman–Crippen LogP) is 4.19. The fraction of sp³-hybridized carbons (Fsp3) is 0. The summed E-state index contributed by atoms with van der Waals surface area (Å²) in [4.78, 5) is 12.6. The average molecular weight is 340 g/mol. The van der Waals surface area contributed by atoms with Crippen molar-refractivity contribution in [1.29, 1.82) is 0 Å². The van der Waals surface area contributed by atoms with Crippen LogP contribution in [-0.4, -0.2) is 20.9 Å². The first-order chi connectivity index (χ1) is 12.8. The third-order valence-corrected chi connectivity index (χ3v) is 4.08. The first-order valence-electron chi connectivity index (χ1n) is 8.24. The minimum atomic E-state index is -0.169. The van der Waals surface area contributed by atoms with Gasteiger partial charge in [-0.25, -0.2) is 4.68 Å². The van der Waals surface area contributed by atoms with Crippen molar-refractivity contribution in [2.75, 3.05) is 5.32 Å². The summed E-state index contributed by atoms with van der Waals surface area (Å²) >= 11 is 0. The molecule has 1 aromatic heterocycles. The lowest BCUT2D eigenvalue weighted by atomic mass is 10.0. The van der Waals surface area contributed by atoms with E-state index in [0.29, 0.717) is 11.3 Å². The SMILES string of the molecule is O=C(Nc1ccccc1-n1ccnn1)c1ccc(-c2ccccc2)cc1. The standard InChI is InChI=1S/C21H16N4O/c26-21(18-12-10-17(11-13-18)16-6-2-1-3-7-16)23-19-8-4-5-9-20(19)25-15-14-22-24-25/h1-15H,(H,23,26). The van der Waals surface area contributed by atoms with Crippen LogP contribution < -0.4 is 5.32 Å². The van der Waals surface area contributed by atoms with Gasteiger partial charge in [0.25, 0.3) is 5.91 Å². The number of anilines is 1. The van der Waals surface area contributed by atoms with Gasteiger partial charge in [-0.2, -0.15) is 0 Å². The molecule has 0 aliphatic heterocycles. The highest BCUT2D eigenvalue weighted by atomic mass is 16.1. The number of aromatic nitrogens is 3. The van der Waals surface area contributed by atoms with Crippen molar-refractivity contribution in [2.45, 2.75) is 0 Å². The highest BCUT2D eigenvalue weighted by Gasteiger charge is 2.10. The van der Waals surface area contributed by atoms with Crippen LogP contribution >= 0.6 is 0 Å². The fourth-order valence-corrected chi connectivity index (χ4v) is 2.75. The zero-order valence-corrected chi connectivity index (χ0v) is 13.9. The first-order valence-corrected chi connectivity index (χ1v) is 8.24. The van der Waals surface area contributed by atoms with Gasteiger partial charge in [0.2, 0.25) is 0 Å². The van der Waals surface area contributed by atoms with Crippen molar-refractivity contribution < 1.29 is 4.79 Å². The number of carbonyl (C=O) groups is 1. The Morgan fingerprint density at radius 2 is 1.50 bits per heavy atom. The van der Waals surface area contributed by atoms with Crippen LogP contribution in [0.15, 0.2) is 91.3 Å². The topological polar surface area (TPSA) is 59.8 Å². The van der Waals surface area contributed by atoms with Gasteiger partial charge in [0, 0.05) is 5.56 Å². The minimum Gasteiger partial charge on any atom is -0.320 e. The maximum atomic E-state index is 12.6. The van der Waals surface area contributed by atoms with Gasteiger partial charge in [0.05, 0.1) is 23.8 Å². The smallest absolute Gasteiger partial charge is 0.255 e. The minimum absolute atomic E-state index is 0.169. The molecule has 5 nitrogen and oxygen atoms in total. The van der Waals surface area contributed by atoms with Gasteiger partial charge in [0.15, 0.2) is 0 Å². The monoisotopic (exact) mass is 340 g/mol. The lowest BCUT2D eigenvalue weighted by Crippen LogP contribution is -2.14. The van der Waals surface area contributed by atoms with E-state index < -0.39 is 0 Å². The number of rotatable bonds is 4. The highest BCUT2D eigenvalue weighted by Crippen LogP contribution is 2.22. The van der Waals surface area contributed by atoms with Crippen LogP contribution in [0, 0.1) is 0 Å². The molecule has 0 aliphatic rings. The Labute approximate surface area is 150 Å². The molecule has 0 unspecified atom stereocenters. The van der Waals surface area contributed by atoms with Gasteiger partial charge in [-0.15, -0.1) is 5.10 Å². The molecule has 0 saturated heterocycles. The first kappa shape index (κ1) is 15.8. The van der Waals surface area contributed by atoms with E-state index in [1.165, 1.54) is 0 Å². The summed E-state index contributed by atoms with van der Waals surface area (Å²) in [7, 11) is 0. The maximum absolute atomic E-state index is 12.6. The van der Waals surface area contributed by atoms with E-state index in [-0.39, 0.29) is 5.91 Å². The summed E-state index contributed by atoms with van der Waals surface area (Å²) < 4.78 is 1.62. The number of amides is 1. The lowest BCUT2D eigenvalue weighted by molar-refractivity contribution is 0.102. The predicted molar refractivity (Wildman–Crippen MR) is 101 cm³/mol. The van der Waals surface area contributed by atoms with Crippen molar-refractivity contribution in [3.05, 3.63) is 96.8 Å². The van der Waals surface area contributed by atoms with Gasteiger partial charge in [-0.1, -0.05) is 59.8 Å². The molecule has 26 heavy (non-hydrogen) atoms. The van der Waals surface area contributed by atoms with Gasteiger partial charge in [-0.3, -0.25) is 4.79 Å². The van der Waals surface area contributed by atoms with E-state index in [9.17, 15) is 4.79 Å². The molecule has 126 valence electrons. The number of hydrogen-bond donors (Lipinski definition) is 1. The number of nitrogens with zero attached hydrogens (tertiary/aromatic N) is 3. The van der Waals surface area contributed by atoms with Crippen molar-refractivity contribution in [1.82, 2.24) is 15.0 Å². The summed E-state index contributed by atoms with van der Waals surface area (Å²) in [6.45, 7) is 0. The Bertz CT molecular complexity index is 1010. The molecule has 1 heterocycles. The van der Waals surface area contributed by atoms with E-state index in [1.807, 2.05) is 78.9 Å². The third kappa shape index (κ3) is 3.23. The van der Waals surface area contributed by atoms with E-state index in [2.05, 4.69) is 15.6 Å². The Kier molecular flexibility index (Phi) is 4.26. The lowest BCUT2D eigenvalue weighted by Gasteiger charge is -2.11. The Hall–Kier alpha value is -3.73. The summed E-state index contributed by atoms with van der Waals surface area (Å²) in [6.07, 6.45) is 3.33. The van der Waals surface area contributed by atoms with Crippen molar-refractivity contribution >= 4 is 11.6 Å². The fourth-order valence-electron chi connectivity index (χ4n) is 2.75. The van der Waals surface area contributed by atoms with Crippen molar-refractivity contribution in [3.8, 4) is 16.8 Å². The molecule has 0 aliphatic carbocycles. The molecular weight excluding hydrogens is 324 g/mol. The van der Waals surface area contributed by atoms with E-state index in [4.69, 9.17) is 0 Å². The molecule has 1 N–H and O–H groups in total. The Morgan fingerprint density at radius 1 is 0.808 bits per heavy atom. The van der Waals surface area contributed by atoms with E-state index in [0.717, 1.165) is 16.8 Å². The summed E-state index contributed by atoms with van der Waals surface area (Å²) in [6, 6.07) is 25.1. The second-order valence-corrected chi connectivity index (χ2v) is 5.76. The van der Waals surface area contributed by atoms with Crippen molar-refractivity contribution in [2.24, 2.45) is 0 Å². The molecule has 5 heteroatoms. The molecule has 0 atom stereocenters. The van der Waals surface area contributed by atoms with Crippen LogP contribution in [0.3, 0.4) is 0 Å². The van der Waals surface area contributed by atoms with Gasteiger partial charge in [0.1, 0.15) is 0 Å². The zero-order valence-electron chi connectivity index (χ0n) is 13.9. The average Bonchev–Trinajstić information content (AvgIpc) is 3.24. The van der Waals surface area contributed by atoms with Crippen LogP contribution in [0.1, 0.15) is 10.4 Å². The van der Waals surface area contributed by atoms with Crippen molar-refractivity contribution in [3.63, 3.8) is 0 Å². The molecule has 0 saturated carbocycles. The molecule has 3 aromatic carbocycles. The summed E-state index contributed by atoms with van der Waals surface area (Å²) in [5, 5.41) is 10.8. The molecule has 4 rings (SSSR count). The van der Waals surface area contributed by atoms with E-state index in [1.54, 1.807) is 17.1 Å². The molecule has 1 amide bonds. The number of hydrogen-bond acceptors (Lipinski definition) is 3. The number of nitrogens with one attached hydrogen (secondary N) is 1. The van der Waals surface area contributed by atoms with Crippen LogP contribution in [0.25, 0.3) is 16.8 Å². The summed E-state index contributed by atoms with van der Waals surface area (Å²) in [5.41, 5.74) is 4.23. The second-order valence-electron chi connectivity index (χ2n) is 5.76. The third-order valence-electron chi connectivity index (χ3n) is 4.08. The van der Waals surface area contributed by atoms with Gasteiger partial charge in [-0.05, 0) is 35.4 Å². The van der Waals surface area contributed by atoms with Crippen LogP contribution in [0.5, 0.6) is 0 Å². The Morgan fingerprint density at radius 3 is 2.23 bits per heavy atom. The Balaban J connectivity index is 1.56. The van der Waals surface area contributed by atoms with E-state index >= 15 is 0 Å². The quantitative estimate of drug-likeness (QED) is 0.606. The summed E-state index contributed by atoms with van der Waals surface area (Å²) in [5.74, 6) is -0.169. The largest absolute Gasteiger partial charge is 0.320 e. The number of benzene rings is 3. The number of carbonyl (C=O) groups excluding carboxylic acids is 1. The molecular formula is C21H16N4O. The molecule has 4 aromatic rings. The van der Waals surface area contributed by atoms with Crippen LogP contribution in [0.4, 0.5) is 5.69 Å². The highest BCUT2D eigenvalue weighted by molar-refractivity contribution is 6.05. The number of para-hydroxylation sites is 2.